The number of ether oxygens (including phenoxy) is 1. The average Bonchev–Trinajstić information content (AvgIpc) is 2.40. The van der Waals surface area contributed by atoms with Gasteiger partial charge in [0, 0.05) is 5.75 Å². The Hall–Kier alpha value is -0.420. The van der Waals surface area contributed by atoms with Crippen molar-refractivity contribution in [2.75, 3.05) is 18.1 Å². The third kappa shape index (κ3) is 4.05. The van der Waals surface area contributed by atoms with Crippen LogP contribution in [-0.2, 0) is 11.3 Å². The van der Waals surface area contributed by atoms with E-state index in [1.54, 1.807) is 0 Å². The second-order valence-electron chi connectivity index (χ2n) is 4.34. The van der Waals surface area contributed by atoms with Gasteiger partial charge in [-0.2, -0.15) is 11.8 Å². The number of halogens is 1. The van der Waals surface area contributed by atoms with Crippen LogP contribution in [0.4, 0.5) is 0 Å². The van der Waals surface area contributed by atoms with E-state index >= 15 is 0 Å². The Morgan fingerprint density at radius 1 is 1.44 bits per heavy atom. The van der Waals surface area contributed by atoms with Crippen molar-refractivity contribution in [3.05, 3.63) is 28.8 Å². The first-order chi connectivity index (χ1) is 8.79. The summed E-state index contributed by atoms with van der Waals surface area (Å²) < 4.78 is 5.94. The van der Waals surface area contributed by atoms with E-state index in [2.05, 4.69) is 4.84 Å². The maximum atomic E-state index is 6.22. The molecule has 0 saturated carbocycles. The Labute approximate surface area is 117 Å². The van der Waals surface area contributed by atoms with E-state index in [1.807, 2.05) is 30.0 Å². The van der Waals surface area contributed by atoms with Gasteiger partial charge in [0.2, 0.25) is 0 Å². The number of hydrogen-bond acceptors (Lipinski definition) is 4. The molecule has 18 heavy (non-hydrogen) atoms. The lowest BCUT2D eigenvalue weighted by atomic mass is 10.1. The minimum absolute atomic E-state index is 0.291. The van der Waals surface area contributed by atoms with Crippen molar-refractivity contribution in [3.63, 3.8) is 0 Å². The fourth-order valence-electron chi connectivity index (χ4n) is 1.96. The van der Waals surface area contributed by atoms with Gasteiger partial charge in [0.15, 0.2) is 0 Å². The lowest BCUT2D eigenvalue weighted by molar-refractivity contribution is 0.141. The number of rotatable bonds is 5. The van der Waals surface area contributed by atoms with Gasteiger partial charge >= 0.3 is 0 Å². The van der Waals surface area contributed by atoms with Crippen LogP contribution in [0.5, 0.6) is 5.75 Å². The molecule has 1 aliphatic rings. The van der Waals surface area contributed by atoms with E-state index in [0.717, 1.165) is 29.9 Å². The summed E-state index contributed by atoms with van der Waals surface area (Å²) in [5.41, 5.74) is 1.11. The molecule has 1 aromatic rings. The summed E-state index contributed by atoms with van der Waals surface area (Å²) in [6, 6.07) is 5.87. The van der Waals surface area contributed by atoms with E-state index < -0.39 is 0 Å². The molecule has 0 bridgehead atoms. The first kappa shape index (κ1) is 14.0. The molecule has 2 rings (SSSR count). The molecule has 1 saturated heterocycles. The maximum Gasteiger partial charge on any atom is 0.138 e. The van der Waals surface area contributed by atoms with Gasteiger partial charge in [-0.1, -0.05) is 17.7 Å². The smallest absolute Gasteiger partial charge is 0.138 e. The molecule has 0 aromatic heterocycles. The zero-order valence-corrected chi connectivity index (χ0v) is 11.8. The van der Waals surface area contributed by atoms with Crippen molar-refractivity contribution in [1.82, 2.24) is 0 Å². The molecule has 0 aliphatic carbocycles. The summed E-state index contributed by atoms with van der Waals surface area (Å²) >= 11 is 8.17. The highest BCUT2D eigenvalue weighted by molar-refractivity contribution is 7.99. The first-order valence-electron chi connectivity index (χ1n) is 6.14. The largest absolute Gasteiger partial charge is 0.488 e. The molecule has 0 spiro atoms. The normalized spacial score (nSPS) is 19.8. The quantitative estimate of drug-likeness (QED) is 0.846. The second-order valence-corrected chi connectivity index (χ2v) is 5.90. The molecular formula is C13H18ClNO2S. The summed E-state index contributed by atoms with van der Waals surface area (Å²) in [5, 5.41) is 0.667. The second kappa shape index (κ2) is 7.24. The third-order valence-electron chi connectivity index (χ3n) is 2.92. The van der Waals surface area contributed by atoms with Gasteiger partial charge in [-0.25, -0.2) is 5.90 Å². The molecule has 100 valence electrons. The van der Waals surface area contributed by atoms with Crippen LogP contribution in [0.15, 0.2) is 18.2 Å². The molecule has 0 radical (unpaired) electrons. The lowest BCUT2D eigenvalue weighted by Gasteiger charge is -2.23. The predicted octanol–water partition coefficient (Wildman–Crippen LogP) is 3.05. The first-order valence-corrected chi connectivity index (χ1v) is 7.67. The number of thioether (sulfide) groups is 1. The fraction of sp³-hybridized carbons (Fsp3) is 0.538. The molecule has 1 atom stereocenters. The van der Waals surface area contributed by atoms with Gasteiger partial charge in [0.25, 0.3) is 0 Å². The highest BCUT2D eigenvalue weighted by Crippen LogP contribution is 2.29. The van der Waals surface area contributed by atoms with E-state index in [4.69, 9.17) is 22.2 Å². The van der Waals surface area contributed by atoms with Crippen LogP contribution in [0.3, 0.4) is 0 Å². The molecular weight excluding hydrogens is 270 g/mol. The predicted molar refractivity (Wildman–Crippen MR) is 76.3 cm³/mol. The van der Waals surface area contributed by atoms with E-state index in [1.165, 1.54) is 12.2 Å². The van der Waals surface area contributed by atoms with Gasteiger partial charge in [-0.3, -0.25) is 0 Å². The van der Waals surface area contributed by atoms with Gasteiger partial charge in [-0.05, 0) is 42.7 Å². The molecule has 3 nitrogen and oxygen atoms in total. The van der Waals surface area contributed by atoms with E-state index in [0.29, 0.717) is 17.7 Å². The summed E-state index contributed by atoms with van der Waals surface area (Å²) in [7, 11) is 0. The number of hydrogen-bond donors (Lipinski definition) is 1. The van der Waals surface area contributed by atoms with Crippen molar-refractivity contribution in [2.45, 2.75) is 25.4 Å². The minimum Gasteiger partial charge on any atom is -0.488 e. The third-order valence-corrected chi connectivity index (χ3v) is 4.40. The van der Waals surface area contributed by atoms with Crippen LogP contribution >= 0.6 is 23.4 Å². The number of benzene rings is 1. The maximum absolute atomic E-state index is 6.22. The molecule has 1 fully saturated rings. The van der Waals surface area contributed by atoms with Gasteiger partial charge in [0.1, 0.15) is 11.9 Å². The van der Waals surface area contributed by atoms with Gasteiger partial charge in [0.05, 0.1) is 11.6 Å². The Kier molecular flexibility index (Phi) is 5.63. The summed E-state index contributed by atoms with van der Waals surface area (Å²) in [5.74, 6) is 8.08. The van der Waals surface area contributed by atoms with Crippen LogP contribution in [0.25, 0.3) is 0 Å². The zero-order chi connectivity index (χ0) is 12.8. The van der Waals surface area contributed by atoms with Crippen molar-refractivity contribution in [2.24, 2.45) is 5.90 Å². The molecule has 1 heterocycles. The van der Waals surface area contributed by atoms with Crippen LogP contribution in [0, 0.1) is 0 Å². The highest BCUT2D eigenvalue weighted by atomic mass is 35.5. The molecule has 1 aliphatic heterocycles. The Balaban J connectivity index is 1.95. The van der Waals surface area contributed by atoms with Crippen LogP contribution in [0.1, 0.15) is 18.4 Å². The Morgan fingerprint density at radius 2 is 2.33 bits per heavy atom. The van der Waals surface area contributed by atoms with Crippen molar-refractivity contribution < 1.29 is 9.57 Å². The van der Waals surface area contributed by atoms with Crippen molar-refractivity contribution in [1.29, 1.82) is 0 Å². The van der Waals surface area contributed by atoms with Crippen molar-refractivity contribution in [3.8, 4) is 5.75 Å². The monoisotopic (exact) mass is 287 g/mol. The molecule has 1 aromatic carbocycles. The minimum atomic E-state index is 0.291. The standard InChI is InChI=1S/C13H18ClNO2S/c14-12-8-10(5-6-16-15)3-4-13(12)17-11-2-1-7-18-9-11/h3-4,8,11H,1-2,5-7,9,15H2. The van der Waals surface area contributed by atoms with Gasteiger partial charge < -0.3 is 9.57 Å². The zero-order valence-electron chi connectivity index (χ0n) is 10.2. The highest BCUT2D eigenvalue weighted by Gasteiger charge is 2.16. The summed E-state index contributed by atoms with van der Waals surface area (Å²) in [6.07, 6.45) is 3.39. The Bertz CT molecular complexity index is 383. The average molecular weight is 288 g/mol. The molecule has 0 amide bonds. The van der Waals surface area contributed by atoms with Crippen molar-refractivity contribution >= 4 is 23.4 Å². The molecule has 2 N–H and O–H groups in total. The summed E-state index contributed by atoms with van der Waals surface area (Å²) in [6.45, 7) is 0.496. The van der Waals surface area contributed by atoms with Crippen LogP contribution < -0.4 is 10.6 Å². The van der Waals surface area contributed by atoms with Crippen LogP contribution in [0.2, 0.25) is 5.02 Å². The SMILES string of the molecule is NOCCc1ccc(OC2CCCSC2)c(Cl)c1. The van der Waals surface area contributed by atoms with Gasteiger partial charge in [-0.15, -0.1) is 0 Å². The fourth-order valence-corrected chi connectivity index (χ4v) is 3.24. The summed E-state index contributed by atoms with van der Waals surface area (Å²) in [4.78, 5) is 4.56. The Morgan fingerprint density at radius 3 is 3.00 bits per heavy atom. The molecule has 5 heteroatoms. The number of nitrogens with two attached hydrogens (primary N) is 1. The lowest BCUT2D eigenvalue weighted by Crippen LogP contribution is -2.23. The van der Waals surface area contributed by atoms with E-state index in [-0.39, 0.29) is 0 Å². The van der Waals surface area contributed by atoms with Crippen LogP contribution in [-0.4, -0.2) is 24.2 Å². The van der Waals surface area contributed by atoms with E-state index in [9.17, 15) is 0 Å². The topological polar surface area (TPSA) is 44.5 Å². The molecule has 1 unspecified atom stereocenters.